The predicted octanol–water partition coefficient (Wildman–Crippen LogP) is 1.07. The fourth-order valence-corrected chi connectivity index (χ4v) is 2.58. The Kier molecular flexibility index (Phi) is 5.99. The highest BCUT2D eigenvalue weighted by molar-refractivity contribution is 7.92. The van der Waals surface area contributed by atoms with Crippen molar-refractivity contribution in [3.63, 3.8) is 0 Å². The number of hydrogen-bond acceptors (Lipinski definition) is 5. The Morgan fingerprint density at radius 2 is 2.19 bits per heavy atom. The van der Waals surface area contributed by atoms with Crippen LogP contribution in [-0.4, -0.2) is 40.5 Å². The van der Waals surface area contributed by atoms with E-state index in [0.29, 0.717) is 11.3 Å². The number of ether oxygens (including phenoxy) is 1. The van der Waals surface area contributed by atoms with Crippen molar-refractivity contribution in [3.05, 3.63) is 29.8 Å². The molecule has 0 bridgehead atoms. The highest BCUT2D eigenvalue weighted by Crippen LogP contribution is 2.18. The highest BCUT2D eigenvalue weighted by atomic mass is 32.2. The molecule has 0 fully saturated rings. The largest absolute Gasteiger partial charge is 0.450 e. The van der Waals surface area contributed by atoms with Gasteiger partial charge in [0.25, 0.3) is 0 Å². The lowest BCUT2D eigenvalue weighted by Gasteiger charge is -2.22. The predicted molar refractivity (Wildman–Crippen MR) is 78.4 cm³/mol. The van der Waals surface area contributed by atoms with Crippen LogP contribution in [0.15, 0.2) is 24.3 Å². The number of hydrogen-bond donors (Lipinski definition) is 1. The molecule has 0 aliphatic rings. The van der Waals surface area contributed by atoms with Gasteiger partial charge in [-0.3, -0.25) is 4.31 Å². The van der Waals surface area contributed by atoms with Crippen molar-refractivity contribution in [3.8, 4) is 6.07 Å². The fraction of sp³-hybridized carbons (Fsp3) is 0.385. The minimum Gasteiger partial charge on any atom is -0.450 e. The van der Waals surface area contributed by atoms with E-state index in [0.717, 1.165) is 10.6 Å². The van der Waals surface area contributed by atoms with Crippen molar-refractivity contribution in [2.75, 3.05) is 30.3 Å². The molecule has 1 aromatic carbocycles. The molecule has 8 heteroatoms. The zero-order chi connectivity index (χ0) is 15.9. The first-order valence-corrected chi connectivity index (χ1v) is 8.11. The molecule has 0 radical (unpaired) electrons. The van der Waals surface area contributed by atoms with Gasteiger partial charge in [0.1, 0.15) is 0 Å². The molecule has 0 aliphatic heterocycles. The van der Waals surface area contributed by atoms with Crippen molar-refractivity contribution in [1.82, 2.24) is 5.32 Å². The smallest absolute Gasteiger partial charge is 0.407 e. The van der Waals surface area contributed by atoms with Crippen molar-refractivity contribution in [2.45, 2.75) is 6.92 Å². The van der Waals surface area contributed by atoms with Crippen LogP contribution in [0.4, 0.5) is 10.5 Å². The van der Waals surface area contributed by atoms with Crippen LogP contribution in [0.3, 0.4) is 0 Å². The van der Waals surface area contributed by atoms with E-state index in [4.69, 9.17) is 10.00 Å². The third-order valence-electron chi connectivity index (χ3n) is 2.52. The maximum Gasteiger partial charge on any atom is 0.407 e. The van der Waals surface area contributed by atoms with Gasteiger partial charge in [0, 0.05) is 6.54 Å². The molecule has 1 rings (SSSR count). The van der Waals surface area contributed by atoms with E-state index in [-0.39, 0.29) is 19.7 Å². The van der Waals surface area contributed by atoms with Gasteiger partial charge in [-0.15, -0.1) is 0 Å². The molecule has 1 aromatic rings. The number of carbonyl (C=O) groups is 1. The summed E-state index contributed by atoms with van der Waals surface area (Å²) in [7, 11) is -3.52. The molecule has 0 aromatic heterocycles. The Bertz CT molecular complexity index is 637. The summed E-state index contributed by atoms with van der Waals surface area (Å²) in [6.45, 7) is 2.07. The summed E-state index contributed by atoms with van der Waals surface area (Å²) in [6.07, 6.45) is 0.466. The lowest BCUT2D eigenvalue weighted by molar-refractivity contribution is 0.152. The summed E-state index contributed by atoms with van der Waals surface area (Å²) in [5, 5.41) is 11.3. The monoisotopic (exact) mass is 311 g/mol. The Hall–Kier alpha value is -2.27. The zero-order valence-electron chi connectivity index (χ0n) is 11.9. The van der Waals surface area contributed by atoms with Crippen LogP contribution in [0.5, 0.6) is 0 Å². The average Bonchev–Trinajstić information content (AvgIpc) is 2.42. The summed E-state index contributed by atoms with van der Waals surface area (Å²) in [5.41, 5.74) is 0.738. The lowest BCUT2D eigenvalue weighted by Crippen LogP contribution is -2.38. The van der Waals surface area contributed by atoms with Crippen LogP contribution in [0.1, 0.15) is 12.5 Å². The summed E-state index contributed by atoms with van der Waals surface area (Å²) in [6, 6.07) is 8.21. The van der Waals surface area contributed by atoms with Gasteiger partial charge in [-0.1, -0.05) is 6.07 Å². The molecule has 114 valence electrons. The Morgan fingerprint density at radius 3 is 2.76 bits per heavy atom. The van der Waals surface area contributed by atoms with E-state index in [1.165, 1.54) is 6.07 Å². The van der Waals surface area contributed by atoms with Crippen LogP contribution in [0.25, 0.3) is 0 Å². The van der Waals surface area contributed by atoms with Gasteiger partial charge >= 0.3 is 6.09 Å². The first-order chi connectivity index (χ1) is 9.88. The molecular formula is C13H17N3O4S. The second-order valence-electron chi connectivity index (χ2n) is 4.14. The summed E-state index contributed by atoms with van der Waals surface area (Å²) < 4.78 is 29.5. The molecule has 1 amide bonds. The first-order valence-electron chi connectivity index (χ1n) is 6.27. The maximum absolute atomic E-state index is 11.8. The van der Waals surface area contributed by atoms with Crippen LogP contribution in [0.2, 0.25) is 0 Å². The summed E-state index contributed by atoms with van der Waals surface area (Å²) >= 11 is 0. The standard InChI is InChI=1S/C13H17N3O4S/c1-3-20-13(17)15-7-8-16(21(2,18)19)12-6-4-5-11(9-12)10-14/h4-6,9H,3,7-8H2,1-2H3,(H,15,17). The van der Waals surface area contributed by atoms with E-state index < -0.39 is 16.1 Å². The number of amides is 1. The minimum atomic E-state index is -3.52. The van der Waals surface area contributed by atoms with E-state index in [9.17, 15) is 13.2 Å². The van der Waals surface area contributed by atoms with E-state index in [1.54, 1.807) is 25.1 Å². The van der Waals surface area contributed by atoms with Crippen molar-refractivity contribution < 1.29 is 17.9 Å². The van der Waals surface area contributed by atoms with E-state index in [2.05, 4.69) is 5.32 Å². The number of sulfonamides is 1. The summed E-state index contributed by atoms with van der Waals surface area (Å²) in [4.78, 5) is 11.2. The van der Waals surface area contributed by atoms with E-state index in [1.807, 2.05) is 6.07 Å². The number of rotatable bonds is 6. The number of nitriles is 1. The molecule has 0 heterocycles. The molecule has 0 unspecified atom stereocenters. The Morgan fingerprint density at radius 1 is 1.48 bits per heavy atom. The minimum absolute atomic E-state index is 0.0481. The topological polar surface area (TPSA) is 99.5 Å². The maximum atomic E-state index is 11.8. The van der Waals surface area contributed by atoms with Gasteiger partial charge in [-0.05, 0) is 25.1 Å². The molecule has 21 heavy (non-hydrogen) atoms. The average molecular weight is 311 g/mol. The van der Waals surface area contributed by atoms with Gasteiger partial charge < -0.3 is 10.1 Å². The number of nitrogens with one attached hydrogen (secondary N) is 1. The molecule has 7 nitrogen and oxygen atoms in total. The number of benzene rings is 1. The number of nitrogens with zero attached hydrogens (tertiary/aromatic N) is 2. The fourth-order valence-electron chi connectivity index (χ4n) is 1.66. The molecule has 1 N–H and O–H groups in total. The van der Waals surface area contributed by atoms with Crippen molar-refractivity contribution >= 4 is 21.8 Å². The summed E-state index contributed by atoms with van der Waals surface area (Å²) in [5.74, 6) is 0. The SMILES string of the molecule is CCOC(=O)NCCN(c1cccc(C#N)c1)S(C)(=O)=O. The van der Waals surface area contributed by atoms with Gasteiger partial charge in [0.2, 0.25) is 10.0 Å². The van der Waals surface area contributed by atoms with Crippen LogP contribution in [-0.2, 0) is 14.8 Å². The Balaban J connectivity index is 2.83. The van der Waals surface area contributed by atoms with Crippen LogP contribution < -0.4 is 9.62 Å². The van der Waals surface area contributed by atoms with Gasteiger partial charge in [0.15, 0.2) is 0 Å². The highest BCUT2D eigenvalue weighted by Gasteiger charge is 2.17. The van der Waals surface area contributed by atoms with Gasteiger partial charge in [-0.2, -0.15) is 5.26 Å². The van der Waals surface area contributed by atoms with Crippen LogP contribution >= 0.6 is 0 Å². The van der Waals surface area contributed by atoms with Gasteiger partial charge in [0.05, 0.1) is 36.7 Å². The van der Waals surface area contributed by atoms with Crippen molar-refractivity contribution in [1.29, 1.82) is 5.26 Å². The molecule has 0 aliphatic carbocycles. The third-order valence-corrected chi connectivity index (χ3v) is 3.72. The second-order valence-corrected chi connectivity index (χ2v) is 6.05. The van der Waals surface area contributed by atoms with Gasteiger partial charge in [-0.25, -0.2) is 13.2 Å². The number of anilines is 1. The third kappa shape index (κ3) is 5.31. The molecular weight excluding hydrogens is 294 g/mol. The number of alkyl carbamates (subject to hydrolysis) is 1. The van der Waals surface area contributed by atoms with E-state index >= 15 is 0 Å². The zero-order valence-corrected chi connectivity index (χ0v) is 12.7. The van der Waals surface area contributed by atoms with Crippen LogP contribution in [0, 0.1) is 11.3 Å². The molecule has 0 spiro atoms. The first kappa shape index (κ1) is 16.8. The Labute approximate surface area is 124 Å². The molecule has 0 atom stereocenters. The van der Waals surface area contributed by atoms with Crippen molar-refractivity contribution in [2.24, 2.45) is 0 Å². The normalized spacial score (nSPS) is 10.5. The quantitative estimate of drug-likeness (QED) is 0.847. The second kappa shape index (κ2) is 7.50. The number of carbonyl (C=O) groups excluding carboxylic acids is 1. The lowest BCUT2D eigenvalue weighted by atomic mass is 10.2. The molecule has 0 saturated carbocycles. The molecule has 0 saturated heterocycles.